The highest BCUT2D eigenvalue weighted by Gasteiger charge is 2.35. The monoisotopic (exact) mass is 538 g/mol. The first-order valence-electron chi connectivity index (χ1n) is 13.5. The summed E-state index contributed by atoms with van der Waals surface area (Å²) in [6.07, 6.45) is 5.97. The zero-order valence-corrected chi connectivity index (χ0v) is 23.3. The number of hydrogen-bond donors (Lipinski definition) is 1. The number of aryl methyl sites for hydroxylation is 1. The van der Waals surface area contributed by atoms with Crippen LogP contribution < -0.4 is 5.84 Å². The van der Waals surface area contributed by atoms with Gasteiger partial charge in [-0.15, -0.1) is 0 Å². The zero-order valence-electron chi connectivity index (χ0n) is 22.5. The van der Waals surface area contributed by atoms with Gasteiger partial charge in [0.25, 0.3) is 0 Å². The number of nitrogens with two attached hydrogens (primary N) is 1. The van der Waals surface area contributed by atoms with Gasteiger partial charge in [-0.2, -0.15) is 5.06 Å². The first kappa shape index (κ1) is 29.5. The van der Waals surface area contributed by atoms with Crippen LogP contribution >= 0.6 is 11.6 Å². The summed E-state index contributed by atoms with van der Waals surface area (Å²) < 4.78 is 10.6. The Bertz CT molecular complexity index is 880. The molecule has 9 nitrogen and oxygen atoms in total. The van der Waals surface area contributed by atoms with Crippen LogP contribution in [0.3, 0.4) is 0 Å². The number of hydroxylamine groups is 2. The van der Waals surface area contributed by atoms with Crippen LogP contribution in [0.2, 0.25) is 5.02 Å². The zero-order chi connectivity index (χ0) is 26.8. The molecule has 2 N–H and O–H groups in total. The predicted molar refractivity (Wildman–Crippen MR) is 143 cm³/mol. The molecule has 0 aromatic heterocycles. The summed E-state index contributed by atoms with van der Waals surface area (Å²) in [6.45, 7) is 7.40. The first-order chi connectivity index (χ1) is 17.8. The normalized spacial score (nSPS) is 21.2. The second kappa shape index (κ2) is 14.8. The molecular formula is C27H43ClN4O5. The van der Waals surface area contributed by atoms with Crippen LogP contribution in [0.1, 0.15) is 69.1 Å². The Morgan fingerprint density at radius 3 is 2.84 bits per heavy atom. The third kappa shape index (κ3) is 8.46. The third-order valence-corrected chi connectivity index (χ3v) is 7.61. The van der Waals surface area contributed by atoms with Crippen molar-refractivity contribution in [2.75, 3.05) is 46.5 Å². The molecule has 2 aliphatic heterocycles. The molecule has 2 aliphatic rings. The molecule has 208 valence electrons. The largest absolute Gasteiger partial charge is 0.451 e. The maximum absolute atomic E-state index is 13.2. The minimum Gasteiger partial charge on any atom is -0.451 e. The quantitative estimate of drug-likeness (QED) is 0.260. The minimum atomic E-state index is -0.567. The van der Waals surface area contributed by atoms with Crippen LogP contribution in [0.4, 0.5) is 9.59 Å². The summed E-state index contributed by atoms with van der Waals surface area (Å²) in [7, 11) is 1.33. The maximum Gasteiger partial charge on any atom is 0.433 e. The van der Waals surface area contributed by atoms with Crippen LogP contribution in [0, 0.1) is 18.8 Å². The fraction of sp³-hybridized carbons (Fsp3) is 0.704. The summed E-state index contributed by atoms with van der Waals surface area (Å²) in [5.41, 5.74) is 1.89. The highest BCUT2D eigenvalue weighted by molar-refractivity contribution is 6.30. The van der Waals surface area contributed by atoms with Gasteiger partial charge in [-0.1, -0.05) is 24.1 Å². The number of ether oxygens (including phenoxy) is 2. The van der Waals surface area contributed by atoms with Crippen LogP contribution in [-0.4, -0.2) is 73.6 Å². The lowest BCUT2D eigenvalue weighted by molar-refractivity contribution is -0.193. The average molecular weight is 539 g/mol. The van der Waals surface area contributed by atoms with E-state index in [2.05, 4.69) is 0 Å². The van der Waals surface area contributed by atoms with E-state index in [0.717, 1.165) is 56.4 Å². The Labute approximate surface area is 226 Å². The Morgan fingerprint density at radius 2 is 2.08 bits per heavy atom. The Hall–Kier alpha value is -2.07. The minimum absolute atomic E-state index is 0.0508. The Kier molecular flexibility index (Phi) is 11.8. The van der Waals surface area contributed by atoms with Gasteiger partial charge in [0, 0.05) is 50.3 Å². The van der Waals surface area contributed by atoms with E-state index in [4.69, 9.17) is 31.8 Å². The number of carbonyl (C=O) groups is 2. The summed E-state index contributed by atoms with van der Waals surface area (Å²) in [5.74, 6) is 6.72. The Morgan fingerprint density at radius 1 is 1.27 bits per heavy atom. The van der Waals surface area contributed by atoms with E-state index in [1.807, 2.05) is 32.0 Å². The molecule has 0 spiro atoms. The van der Waals surface area contributed by atoms with Crippen molar-refractivity contribution < 1.29 is 23.9 Å². The van der Waals surface area contributed by atoms with Crippen molar-refractivity contribution in [2.24, 2.45) is 17.7 Å². The molecule has 1 aromatic carbocycles. The average Bonchev–Trinajstić information content (AvgIpc) is 3.19. The standard InChI is InChI=1S/C27H43ClN4O5/c1-4-32(27(34)35-3)37-25(24-17-23(28)13-12-20(24)2)22-11-8-14-30(18-22)26(33)31(29)15-7-10-21-9-5-6-16-36-19-21/h12-13,17,21-22,25H,4-11,14-16,18-19,29H2,1-3H3/t21?,22?,25-/m1/s1. The van der Waals surface area contributed by atoms with E-state index in [0.29, 0.717) is 37.1 Å². The van der Waals surface area contributed by atoms with Gasteiger partial charge in [0.05, 0.1) is 7.11 Å². The fourth-order valence-electron chi connectivity index (χ4n) is 5.26. The smallest absolute Gasteiger partial charge is 0.433 e. The SMILES string of the molecule is CCN(O[C@@H](c1cc(Cl)ccc1C)C1CCCN(C(=O)N(N)CCCC2CCCCOC2)C1)C(=O)OC. The number of rotatable bonds is 9. The van der Waals surface area contributed by atoms with Crippen LogP contribution in [0.5, 0.6) is 0 Å². The van der Waals surface area contributed by atoms with E-state index < -0.39 is 12.2 Å². The lowest BCUT2D eigenvalue weighted by atomic mass is 9.87. The van der Waals surface area contributed by atoms with E-state index in [1.165, 1.54) is 30.0 Å². The predicted octanol–water partition coefficient (Wildman–Crippen LogP) is 5.31. The first-order valence-corrected chi connectivity index (χ1v) is 13.9. The van der Waals surface area contributed by atoms with Crippen molar-refractivity contribution in [2.45, 2.75) is 64.9 Å². The van der Waals surface area contributed by atoms with Gasteiger partial charge in [-0.05, 0) is 81.5 Å². The number of urea groups is 1. The van der Waals surface area contributed by atoms with Crippen molar-refractivity contribution in [3.63, 3.8) is 0 Å². The summed E-state index contributed by atoms with van der Waals surface area (Å²) in [4.78, 5) is 33.6. The number of piperidine rings is 1. The lowest BCUT2D eigenvalue weighted by Crippen LogP contribution is -2.51. The highest BCUT2D eigenvalue weighted by atomic mass is 35.5. The molecule has 2 fully saturated rings. The van der Waals surface area contributed by atoms with Gasteiger partial charge in [0.15, 0.2) is 0 Å². The van der Waals surface area contributed by atoms with E-state index in [9.17, 15) is 9.59 Å². The van der Waals surface area contributed by atoms with Crippen LogP contribution in [0.25, 0.3) is 0 Å². The molecule has 2 unspecified atom stereocenters. The fourth-order valence-corrected chi connectivity index (χ4v) is 5.44. The van der Waals surface area contributed by atoms with Crippen molar-refractivity contribution in [1.82, 2.24) is 15.0 Å². The number of hydrazine groups is 1. The van der Waals surface area contributed by atoms with E-state index >= 15 is 0 Å². The van der Waals surface area contributed by atoms with Gasteiger partial charge in [0.1, 0.15) is 6.10 Å². The van der Waals surface area contributed by atoms with Crippen molar-refractivity contribution in [3.8, 4) is 0 Å². The van der Waals surface area contributed by atoms with Gasteiger partial charge in [-0.25, -0.2) is 15.4 Å². The number of carbonyl (C=O) groups excluding carboxylic acids is 2. The molecule has 0 saturated carbocycles. The molecule has 2 saturated heterocycles. The molecule has 2 heterocycles. The second-order valence-corrected chi connectivity index (χ2v) is 10.5. The van der Waals surface area contributed by atoms with Crippen LogP contribution in [-0.2, 0) is 14.3 Å². The number of amides is 3. The van der Waals surface area contributed by atoms with Crippen molar-refractivity contribution in [1.29, 1.82) is 0 Å². The number of benzene rings is 1. The van der Waals surface area contributed by atoms with Crippen molar-refractivity contribution in [3.05, 3.63) is 34.3 Å². The molecule has 3 amide bonds. The second-order valence-electron chi connectivity index (χ2n) is 10.1. The number of nitrogens with zero attached hydrogens (tertiary/aromatic N) is 3. The number of likely N-dealkylation sites (tertiary alicyclic amines) is 1. The maximum atomic E-state index is 13.2. The topological polar surface area (TPSA) is 97.6 Å². The summed E-state index contributed by atoms with van der Waals surface area (Å²) >= 11 is 6.34. The molecule has 0 radical (unpaired) electrons. The molecule has 3 rings (SSSR count). The van der Waals surface area contributed by atoms with E-state index in [1.54, 1.807) is 4.90 Å². The van der Waals surface area contributed by atoms with Gasteiger partial charge in [-0.3, -0.25) is 9.85 Å². The van der Waals surface area contributed by atoms with Crippen molar-refractivity contribution >= 4 is 23.7 Å². The lowest BCUT2D eigenvalue weighted by Gasteiger charge is -2.39. The summed E-state index contributed by atoms with van der Waals surface area (Å²) in [6, 6.07) is 5.47. The number of halogens is 1. The molecule has 0 aliphatic carbocycles. The highest BCUT2D eigenvalue weighted by Crippen LogP contribution is 2.36. The van der Waals surface area contributed by atoms with E-state index in [-0.39, 0.29) is 11.9 Å². The molecular weight excluding hydrogens is 496 g/mol. The van der Waals surface area contributed by atoms with Gasteiger partial charge < -0.3 is 14.4 Å². The molecule has 37 heavy (non-hydrogen) atoms. The molecule has 0 bridgehead atoms. The van der Waals surface area contributed by atoms with Crippen LogP contribution in [0.15, 0.2) is 18.2 Å². The molecule has 10 heteroatoms. The number of methoxy groups -OCH3 is 1. The number of hydrogen-bond acceptors (Lipinski definition) is 6. The molecule has 1 aromatic rings. The summed E-state index contributed by atoms with van der Waals surface area (Å²) in [5, 5.41) is 3.15. The Balaban J connectivity index is 1.67. The van der Waals surface area contributed by atoms with Gasteiger partial charge in [0.2, 0.25) is 0 Å². The molecule has 3 atom stereocenters. The third-order valence-electron chi connectivity index (χ3n) is 7.37. The van der Waals surface area contributed by atoms with Gasteiger partial charge >= 0.3 is 12.1 Å².